The Labute approximate surface area is 125 Å². The highest BCUT2D eigenvalue weighted by Gasteiger charge is 2.20. The van der Waals surface area contributed by atoms with E-state index in [4.69, 9.17) is 4.74 Å². The Morgan fingerprint density at radius 1 is 1.24 bits per heavy atom. The topological polar surface area (TPSA) is 21.3 Å². The van der Waals surface area contributed by atoms with Crippen LogP contribution in [0.4, 0.5) is 4.39 Å². The molecule has 0 saturated heterocycles. The molecule has 2 unspecified atom stereocenters. The fourth-order valence-corrected chi connectivity index (χ4v) is 2.82. The lowest BCUT2D eigenvalue weighted by atomic mass is 9.97. The number of hydrogen-bond donors (Lipinski definition) is 1. The lowest BCUT2D eigenvalue weighted by Crippen LogP contribution is -2.29. The minimum Gasteiger partial charge on any atom is -0.372 e. The summed E-state index contributed by atoms with van der Waals surface area (Å²) >= 11 is 0. The van der Waals surface area contributed by atoms with E-state index in [0.717, 1.165) is 25.1 Å². The number of benzene rings is 2. The van der Waals surface area contributed by atoms with Crippen molar-refractivity contribution in [1.29, 1.82) is 0 Å². The van der Waals surface area contributed by atoms with Crippen molar-refractivity contribution in [2.45, 2.75) is 25.5 Å². The molecule has 2 nitrogen and oxygen atoms in total. The molecule has 2 atom stereocenters. The van der Waals surface area contributed by atoms with Gasteiger partial charge in [0, 0.05) is 12.6 Å². The molecular formula is C18H20FNO. The minimum atomic E-state index is -0.194. The Morgan fingerprint density at radius 2 is 2.10 bits per heavy atom. The van der Waals surface area contributed by atoms with Gasteiger partial charge in [0.05, 0.1) is 12.7 Å². The quantitative estimate of drug-likeness (QED) is 0.923. The van der Waals surface area contributed by atoms with Gasteiger partial charge >= 0.3 is 0 Å². The molecule has 0 bridgehead atoms. The highest BCUT2D eigenvalue weighted by molar-refractivity contribution is 5.31. The number of nitrogens with one attached hydrogen (secondary N) is 1. The maximum absolute atomic E-state index is 13.3. The lowest BCUT2D eigenvalue weighted by molar-refractivity contribution is 0.0409. The summed E-state index contributed by atoms with van der Waals surface area (Å²) in [7, 11) is 0. The van der Waals surface area contributed by atoms with Gasteiger partial charge in [-0.25, -0.2) is 4.39 Å². The molecule has 2 aromatic carbocycles. The van der Waals surface area contributed by atoms with Gasteiger partial charge in [-0.3, -0.25) is 0 Å². The van der Waals surface area contributed by atoms with E-state index in [0.29, 0.717) is 0 Å². The Balaban J connectivity index is 1.66. The fraction of sp³-hybridized carbons (Fsp3) is 0.333. The minimum absolute atomic E-state index is 0.0750. The molecule has 0 fully saturated rings. The van der Waals surface area contributed by atoms with E-state index in [1.807, 2.05) is 13.0 Å². The first-order chi connectivity index (χ1) is 10.2. The summed E-state index contributed by atoms with van der Waals surface area (Å²) in [5.41, 5.74) is 3.59. The molecular weight excluding hydrogens is 265 g/mol. The molecule has 0 aromatic heterocycles. The first-order valence-electron chi connectivity index (χ1n) is 7.42. The van der Waals surface area contributed by atoms with Gasteiger partial charge in [-0.1, -0.05) is 36.4 Å². The van der Waals surface area contributed by atoms with E-state index < -0.39 is 0 Å². The van der Waals surface area contributed by atoms with Crippen LogP contribution in [0.25, 0.3) is 0 Å². The molecule has 110 valence electrons. The molecule has 3 rings (SSSR count). The molecule has 1 heterocycles. The van der Waals surface area contributed by atoms with Crippen molar-refractivity contribution < 1.29 is 9.13 Å². The summed E-state index contributed by atoms with van der Waals surface area (Å²) in [5, 5.41) is 3.45. The van der Waals surface area contributed by atoms with Gasteiger partial charge in [0.2, 0.25) is 0 Å². The van der Waals surface area contributed by atoms with Gasteiger partial charge in [-0.05, 0) is 42.2 Å². The van der Waals surface area contributed by atoms with Crippen LogP contribution in [0.1, 0.15) is 35.8 Å². The van der Waals surface area contributed by atoms with Crippen LogP contribution in [0.3, 0.4) is 0 Å². The summed E-state index contributed by atoms with van der Waals surface area (Å²) in [5.74, 6) is -0.194. The van der Waals surface area contributed by atoms with Gasteiger partial charge in [-0.15, -0.1) is 0 Å². The van der Waals surface area contributed by atoms with E-state index in [1.54, 1.807) is 12.1 Å². The summed E-state index contributed by atoms with van der Waals surface area (Å²) < 4.78 is 19.1. The lowest BCUT2D eigenvalue weighted by Gasteiger charge is -2.27. The predicted octanol–water partition coefficient (Wildman–Crippen LogP) is 3.79. The third-order valence-electron chi connectivity index (χ3n) is 4.05. The first kappa shape index (κ1) is 14.2. The van der Waals surface area contributed by atoms with E-state index in [2.05, 4.69) is 29.6 Å². The molecule has 0 radical (unpaired) electrons. The average molecular weight is 285 g/mol. The van der Waals surface area contributed by atoms with Crippen molar-refractivity contribution >= 4 is 0 Å². The van der Waals surface area contributed by atoms with Gasteiger partial charge in [0.25, 0.3) is 0 Å². The molecule has 3 heteroatoms. The van der Waals surface area contributed by atoms with Crippen LogP contribution >= 0.6 is 0 Å². The van der Waals surface area contributed by atoms with E-state index in [9.17, 15) is 4.39 Å². The van der Waals surface area contributed by atoms with Crippen molar-refractivity contribution in [1.82, 2.24) is 5.32 Å². The standard InChI is InChI=1S/C18H20FNO/c1-13(15-6-4-7-16(19)11-15)20-12-18-17-8-3-2-5-14(17)9-10-21-18/h2-8,11,13,18,20H,9-10,12H2,1H3. The van der Waals surface area contributed by atoms with Crippen LogP contribution in [-0.2, 0) is 11.2 Å². The van der Waals surface area contributed by atoms with E-state index in [1.165, 1.54) is 17.2 Å². The second-order valence-electron chi connectivity index (χ2n) is 5.49. The highest BCUT2D eigenvalue weighted by atomic mass is 19.1. The number of ether oxygens (including phenoxy) is 1. The molecule has 1 aliphatic heterocycles. The van der Waals surface area contributed by atoms with Gasteiger partial charge in [0.15, 0.2) is 0 Å². The zero-order valence-corrected chi connectivity index (χ0v) is 12.2. The third-order valence-corrected chi connectivity index (χ3v) is 4.05. The molecule has 0 amide bonds. The number of hydrogen-bond acceptors (Lipinski definition) is 2. The van der Waals surface area contributed by atoms with Crippen LogP contribution in [-0.4, -0.2) is 13.2 Å². The van der Waals surface area contributed by atoms with Crippen molar-refractivity contribution in [3.8, 4) is 0 Å². The molecule has 1 aliphatic rings. The Hall–Kier alpha value is -1.71. The second kappa shape index (κ2) is 6.37. The molecule has 1 N–H and O–H groups in total. The van der Waals surface area contributed by atoms with Crippen LogP contribution < -0.4 is 5.32 Å². The summed E-state index contributed by atoms with van der Waals surface area (Å²) in [6.07, 6.45) is 1.05. The predicted molar refractivity (Wildman–Crippen MR) is 81.7 cm³/mol. The number of halogens is 1. The van der Waals surface area contributed by atoms with E-state index in [-0.39, 0.29) is 18.0 Å². The average Bonchev–Trinajstić information content (AvgIpc) is 2.52. The maximum atomic E-state index is 13.3. The molecule has 0 spiro atoms. The van der Waals surface area contributed by atoms with Crippen molar-refractivity contribution in [2.24, 2.45) is 0 Å². The molecule has 0 aliphatic carbocycles. The summed E-state index contributed by atoms with van der Waals surface area (Å²) in [6.45, 7) is 3.54. The van der Waals surface area contributed by atoms with Crippen LogP contribution in [0.15, 0.2) is 48.5 Å². The zero-order valence-electron chi connectivity index (χ0n) is 12.2. The normalized spacial score (nSPS) is 19.0. The molecule has 0 saturated carbocycles. The maximum Gasteiger partial charge on any atom is 0.123 e. The Bertz CT molecular complexity index is 614. The second-order valence-corrected chi connectivity index (χ2v) is 5.49. The monoisotopic (exact) mass is 285 g/mol. The van der Waals surface area contributed by atoms with Gasteiger partial charge in [0.1, 0.15) is 5.82 Å². The largest absolute Gasteiger partial charge is 0.372 e. The Kier molecular flexibility index (Phi) is 4.32. The van der Waals surface area contributed by atoms with Crippen LogP contribution in [0.5, 0.6) is 0 Å². The summed E-state index contributed by atoms with van der Waals surface area (Å²) in [4.78, 5) is 0. The molecule has 2 aromatic rings. The molecule has 21 heavy (non-hydrogen) atoms. The van der Waals surface area contributed by atoms with E-state index >= 15 is 0 Å². The van der Waals surface area contributed by atoms with Crippen LogP contribution in [0.2, 0.25) is 0 Å². The fourth-order valence-electron chi connectivity index (χ4n) is 2.82. The van der Waals surface area contributed by atoms with Gasteiger partial charge in [-0.2, -0.15) is 0 Å². The SMILES string of the molecule is CC(NCC1OCCc2ccccc21)c1cccc(F)c1. The van der Waals surface area contributed by atoms with Crippen molar-refractivity contribution in [3.63, 3.8) is 0 Å². The van der Waals surface area contributed by atoms with Crippen molar-refractivity contribution in [2.75, 3.05) is 13.2 Å². The number of fused-ring (bicyclic) bond motifs is 1. The Morgan fingerprint density at radius 3 is 2.95 bits per heavy atom. The van der Waals surface area contributed by atoms with Crippen molar-refractivity contribution in [3.05, 3.63) is 71.0 Å². The summed E-state index contributed by atoms with van der Waals surface area (Å²) in [6, 6.07) is 15.3. The smallest absolute Gasteiger partial charge is 0.123 e. The number of rotatable bonds is 4. The van der Waals surface area contributed by atoms with Gasteiger partial charge < -0.3 is 10.1 Å². The highest BCUT2D eigenvalue weighted by Crippen LogP contribution is 2.27. The third kappa shape index (κ3) is 3.31. The zero-order chi connectivity index (χ0) is 14.7. The first-order valence-corrected chi connectivity index (χ1v) is 7.42. The van der Waals surface area contributed by atoms with Crippen LogP contribution in [0, 0.1) is 5.82 Å².